The van der Waals surface area contributed by atoms with Gasteiger partial charge in [-0.15, -0.1) is 0 Å². The lowest BCUT2D eigenvalue weighted by atomic mass is 9.71. The normalized spacial score (nSPS) is 39.0. The molecule has 0 saturated carbocycles. The van der Waals surface area contributed by atoms with E-state index < -0.39 is 0 Å². The number of likely N-dealkylation sites (tertiary alicyclic amines) is 3. The maximum Gasteiger partial charge on any atom is 0.0212 e. The summed E-state index contributed by atoms with van der Waals surface area (Å²) < 4.78 is 0. The van der Waals surface area contributed by atoms with Crippen molar-refractivity contribution in [2.24, 2.45) is 5.41 Å². The Kier molecular flexibility index (Phi) is 2.96. The van der Waals surface area contributed by atoms with Gasteiger partial charge in [0.2, 0.25) is 0 Å². The molecule has 0 amide bonds. The highest BCUT2D eigenvalue weighted by molar-refractivity contribution is 5.06. The van der Waals surface area contributed by atoms with E-state index in [1.165, 1.54) is 52.1 Å². The quantitative estimate of drug-likeness (QED) is 0.712. The molecule has 3 fully saturated rings. The zero-order chi connectivity index (χ0) is 12.0. The summed E-state index contributed by atoms with van der Waals surface area (Å²) in [6.07, 6.45) is 2.78. The molecule has 0 bridgehead atoms. The summed E-state index contributed by atoms with van der Waals surface area (Å²) >= 11 is 0. The van der Waals surface area contributed by atoms with Gasteiger partial charge in [0.1, 0.15) is 0 Å². The lowest BCUT2D eigenvalue weighted by molar-refractivity contribution is -0.130. The molecule has 3 nitrogen and oxygen atoms in total. The molecule has 1 unspecified atom stereocenters. The van der Waals surface area contributed by atoms with Gasteiger partial charge in [-0.25, -0.2) is 0 Å². The van der Waals surface area contributed by atoms with Crippen LogP contribution in [0, 0.1) is 5.41 Å². The summed E-state index contributed by atoms with van der Waals surface area (Å²) in [7, 11) is 2.25. The van der Waals surface area contributed by atoms with Crippen molar-refractivity contribution in [2.75, 3.05) is 46.3 Å². The number of piperidine rings is 1. The zero-order valence-corrected chi connectivity index (χ0v) is 11.7. The summed E-state index contributed by atoms with van der Waals surface area (Å²) in [6, 6.07) is 1.67. The van der Waals surface area contributed by atoms with Crippen LogP contribution in [0.2, 0.25) is 0 Å². The van der Waals surface area contributed by atoms with Crippen LogP contribution in [0.25, 0.3) is 0 Å². The number of hydrogen-bond acceptors (Lipinski definition) is 3. The largest absolute Gasteiger partial charge is 0.305 e. The van der Waals surface area contributed by atoms with E-state index in [1.807, 2.05) is 0 Å². The van der Waals surface area contributed by atoms with Gasteiger partial charge in [-0.3, -0.25) is 4.90 Å². The molecule has 3 rings (SSSR count). The van der Waals surface area contributed by atoms with Gasteiger partial charge >= 0.3 is 0 Å². The first-order valence-electron chi connectivity index (χ1n) is 7.28. The van der Waals surface area contributed by atoms with Gasteiger partial charge in [0.15, 0.2) is 0 Å². The third kappa shape index (κ3) is 2.02. The molecule has 0 aromatic heterocycles. The molecule has 3 heteroatoms. The molecule has 2 atom stereocenters. The summed E-state index contributed by atoms with van der Waals surface area (Å²) in [5, 5.41) is 0. The Morgan fingerprint density at radius 3 is 2.41 bits per heavy atom. The van der Waals surface area contributed by atoms with Crippen molar-refractivity contribution in [1.82, 2.24) is 14.7 Å². The molecule has 0 aromatic rings. The molecular weight excluding hydrogens is 210 g/mol. The molecule has 0 aromatic carbocycles. The molecule has 3 aliphatic rings. The van der Waals surface area contributed by atoms with E-state index in [9.17, 15) is 0 Å². The lowest BCUT2D eigenvalue weighted by Crippen LogP contribution is -2.73. The van der Waals surface area contributed by atoms with Crippen molar-refractivity contribution in [3.8, 4) is 0 Å². The second-order valence-corrected chi connectivity index (χ2v) is 6.73. The van der Waals surface area contributed by atoms with E-state index in [0.29, 0.717) is 5.41 Å². The minimum Gasteiger partial charge on any atom is -0.305 e. The molecule has 17 heavy (non-hydrogen) atoms. The Balaban J connectivity index is 1.48. The average Bonchev–Trinajstić information content (AvgIpc) is 2.21. The van der Waals surface area contributed by atoms with Gasteiger partial charge in [0.05, 0.1) is 0 Å². The van der Waals surface area contributed by atoms with Crippen molar-refractivity contribution < 1.29 is 0 Å². The molecule has 0 radical (unpaired) electrons. The number of hydrogen-bond donors (Lipinski definition) is 0. The van der Waals surface area contributed by atoms with Crippen LogP contribution in [0.5, 0.6) is 0 Å². The summed E-state index contributed by atoms with van der Waals surface area (Å²) in [6.45, 7) is 12.7. The monoisotopic (exact) mass is 237 g/mol. The second-order valence-electron chi connectivity index (χ2n) is 6.73. The van der Waals surface area contributed by atoms with E-state index in [4.69, 9.17) is 0 Å². The van der Waals surface area contributed by atoms with Crippen LogP contribution in [0.4, 0.5) is 0 Å². The highest BCUT2D eigenvalue weighted by atomic mass is 15.3. The molecule has 3 aliphatic heterocycles. The van der Waals surface area contributed by atoms with Gasteiger partial charge in [-0.05, 0) is 39.9 Å². The maximum atomic E-state index is 2.76. The van der Waals surface area contributed by atoms with Crippen LogP contribution in [0.1, 0.15) is 26.7 Å². The first-order chi connectivity index (χ1) is 8.12. The van der Waals surface area contributed by atoms with E-state index in [0.717, 1.165) is 12.1 Å². The van der Waals surface area contributed by atoms with E-state index >= 15 is 0 Å². The first kappa shape index (κ1) is 11.9. The third-order valence-electron chi connectivity index (χ3n) is 5.20. The fraction of sp³-hybridized carbons (Fsp3) is 1.00. The van der Waals surface area contributed by atoms with Gasteiger partial charge in [0.25, 0.3) is 0 Å². The Bertz CT molecular complexity index is 277. The third-order valence-corrected chi connectivity index (χ3v) is 5.20. The maximum absolute atomic E-state index is 2.76. The van der Waals surface area contributed by atoms with Crippen molar-refractivity contribution in [1.29, 1.82) is 0 Å². The molecule has 3 saturated heterocycles. The van der Waals surface area contributed by atoms with E-state index in [-0.39, 0.29) is 0 Å². The van der Waals surface area contributed by atoms with Crippen LogP contribution in [-0.2, 0) is 0 Å². The molecule has 1 spiro atoms. The standard InChI is InChI=1S/C14H27N3/c1-4-16-6-5-13(7-12(16)2)17-10-14(11-17)8-15(3)9-14/h12-13H,4-11H2,1-3H3/t12-,13?/m0/s1. The van der Waals surface area contributed by atoms with Crippen LogP contribution in [-0.4, -0.2) is 73.1 Å². The molecule has 0 aliphatic carbocycles. The Labute approximate surface area is 106 Å². The second kappa shape index (κ2) is 4.22. The average molecular weight is 237 g/mol. The van der Waals surface area contributed by atoms with Crippen molar-refractivity contribution in [2.45, 2.75) is 38.8 Å². The highest BCUT2D eigenvalue weighted by Crippen LogP contribution is 2.41. The molecule has 98 valence electrons. The SMILES string of the molecule is CCN1CCC(N2CC3(CN(C)C3)C2)C[C@@H]1C. The van der Waals surface area contributed by atoms with Crippen LogP contribution < -0.4 is 0 Å². The smallest absolute Gasteiger partial charge is 0.0212 e. The number of rotatable bonds is 2. The Morgan fingerprint density at radius 2 is 1.88 bits per heavy atom. The fourth-order valence-electron chi connectivity index (χ4n) is 4.37. The summed E-state index contributed by atoms with van der Waals surface area (Å²) in [5.74, 6) is 0. The van der Waals surface area contributed by atoms with Gasteiger partial charge in [-0.2, -0.15) is 0 Å². The predicted molar refractivity (Wildman–Crippen MR) is 71.2 cm³/mol. The van der Waals surface area contributed by atoms with Gasteiger partial charge in [-0.1, -0.05) is 6.92 Å². The van der Waals surface area contributed by atoms with Crippen LogP contribution in [0.15, 0.2) is 0 Å². The van der Waals surface area contributed by atoms with Gasteiger partial charge in [0, 0.05) is 43.7 Å². The van der Waals surface area contributed by atoms with Gasteiger partial charge < -0.3 is 9.80 Å². The summed E-state index contributed by atoms with van der Waals surface area (Å²) in [5.41, 5.74) is 0.708. The van der Waals surface area contributed by atoms with Crippen LogP contribution >= 0.6 is 0 Å². The zero-order valence-electron chi connectivity index (χ0n) is 11.7. The van der Waals surface area contributed by atoms with Crippen molar-refractivity contribution in [3.05, 3.63) is 0 Å². The highest BCUT2D eigenvalue weighted by Gasteiger charge is 2.52. The van der Waals surface area contributed by atoms with E-state index in [1.54, 1.807) is 0 Å². The van der Waals surface area contributed by atoms with Crippen molar-refractivity contribution in [3.63, 3.8) is 0 Å². The number of nitrogens with zero attached hydrogens (tertiary/aromatic N) is 3. The Morgan fingerprint density at radius 1 is 1.18 bits per heavy atom. The van der Waals surface area contributed by atoms with E-state index in [2.05, 4.69) is 35.6 Å². The Hall–Kier alpha value is -0.120. The minimum atomic E-state index is 0.708. The lowest BCUT2D eigenvalue weighted by Gasteiger charge is -2.62. The van der Waals surface area contributed by atoms with Crippen LogP contribution in [0.3, 0.4) is 0 Å². The topological polar surface area (TPSA) is 9.72 Å². The summed E-state index contributed by atoms with van der Waals surface area (Å²) in [4.78, 5) is 7.85. The first-order valence-corrected chi connectivity index (χ1v) is 7.28. The molecule has 3 heterocycles. The fourth-order valence-corrected chi connectivity index (χ4v) is 4.37. The molecular formula is C14H27N3. The van der Waals surface area contributed by atoms with Crippen molar-refractivity contribution >= 4 is 0 Å². The predicted octanol–water partition coefficient (Wildman–Crippen LogP) is 1.11. The minimum absolute atomic E-state index is 0.708. The molecule has 0 N–H and O–H groups in total.